The molecule has 0 unspecified atom stereocenters. The first kappa shape index (κ1) is 37.8. The van der Waals surface area contributed by atoms with Gasteiger partial charge in [-0.15, -0.1) is 12.4 Å². The Morgan fingerprint density at radius 2 is 1.52 bits per heavy atom. The lowest BCUT2D eigenvalue weighted by Crippen LogP contribution is -2.44. The van der Waals surface area contributed by atoms with Crippen molar-refractivity contribution in [3.8, 4) is 0 Å². The van der Waals surface area contributed by atoms with Gasteiger partial charge in [-0.1, -0.05) is 0 Å². The van der Waals surface area contributed by atoms with Crippen LogP contribution in [-0.2, 0) is 14.2 Å². The number of nitrogens with zero attached hydrogens (tertiary/aromatic N) is 3. The summed E-state index contributed by atoms with van der Waals surface area (Å²) in [5.74, 6) is -0.954. The first-order valence-electron chi connectivity index (χ1n) is 15.5. The summed E-state index contributed by atoms with van der Waals surface area (Å²) in [6.07, 6.45) is 2.68. The maximum absolute atomic E-state index is 12.2. The van der Waals surface area contributed by atoms with E-state index in [0.717, 1.165) is 37.0 Å². The molecule has 3 heterocycles. The van der Waals surface area contributed by atoms with Crippen molar-refractivity contribution < 1.29 is 33.5 Å². The molecule has 5 rings (SSSR count). The number of piperidine rings is 2. The number of hydrogen-bond acceptors (Lipinski definition) is 11. The van der Waals surface area contributed by atoms with Crippen LogP contribution in [-0.4, -0.2) is 89.4 Å². The van der Waals surface area contributed by atoms with Crippen LogP contribution in [0.2, 0.25) is 0 Å². The highest BCUT2D eigenvalue weighted by molar-refractivity contribution is 5.93. The number of methoxy groups -OCH3 is 2. The second-order valence-corrected chi connectivity index (χ2v) is 12.4. The molecule has 3 aromatic rings. The first-order valence-corrected chi connectivity index (χ1v) is 15.5. The van der Waals surface area contributed by atoms with Crippen molar-refractivity contribution >= 4 is 52.8 Å². The van der Waals surface area contributed by atoms with Crippen LogP contribution in [0.4, 0.5) is 16.2 Å². The monoisotopic (exact) mass is 690 g/mol. The quantitative estimate of drug-likeness (QED) is 0.141. The Morgan fingerprint density at radius 3 is 2.08 bits per heavy atom. The normalized spacial score (nSPS) is 15.4. The summed E-state index contributed by atoms with van der Waals surface area (Å²) in [5.41, 5.74) is 1.69. The molecular formula is C32H43ClN6O9. The van der Waals surface area contributed by atoms with Gasteiger partial charge in [-0.05, 0) is 89.9 Å². The number of aromatic amines is 1. The lowest BCUT2D eigenvalue weighted by molar-refractivity contribution is -0.384. The molecule has 0 saturated carbocycles. The van der Waals surface area contributed by atoms with E-state index in [1.54, 1.807) is 27.7 Å². The fraction of sp³-hybridized carbons (Fsp3) is 0.500. The number of hydrogen-bond donors (Lipinski definition) is 3. The molecule has 2 aromatic carbocycles. The van der Waals surface area contributed by atoms with Gasteiger partial charge in [0.1, 0.15) is 11.3 Å². The third-order valence-electron chi connectivity index (χ3n) is 7.93. The van der Waals surface area contributed by atoms with Crippen molar-refractivity contribution in [1.82, 2.24) is 19.8 Å². The zero-order chi connectivity index (χ0) is 34.3. The number of esters is 2. The number of nitro benzene ring substituents is 1. The van der Waals surface area contributed by atoms with Gasteiger partial charge in [0.2, 0.25) is 0 Å². The number of halogens is 1. The highest BCUT2D eigenvalue weighted by Gasteiger charge is 2.28. The van der Waals surface area contributed by atoms with E-state index in [1.165, 1.54) is 32.4 Å². The van der Waals surface area contributed by atoms with E-state index in [-0.39, 0.29) is 53.2 Å². The van der Waals surface area contributed by atoms with Crippen LogP contribution in [0.15, 0.2) is 41.2 Å². The molecule has 16 heteroatoms. The molecule has 2 aliphatic rings. The lowest BCUT2D eigenvalue weighted by atomic mass is 10.0. The minimum absolute atomic E-state index is 0. The van der Waals surface area contributed by atoms with Crippen molar-refractivity contribution in [1.29, 1.82) is 0 Å². The predicted molar refractivity (Wildman–Crippen MR) is 181 cm³/mol. The Balaban J connectivity index is 0.000000265. The Labute approximate surface area is 283 Å². The van der Waals surface area contributed by atoms with Crippen LogP contribution in [0, 0.1) is 10.1 Å². The Bertz CT molecular complexity index is 1670. The molecule has 1 aromatic heterocycles. The summed E-state index contributed by atoms with van der Waals surface area (Å²) < 4.78 is 16.5. The molecule has 0 atom stereocenters. The summed E-state index contributed by atoms with van der Waals surface area (Å²) >= 11 is 0. The van der Waals surface area contributed by atoms with E-state index in [1.807, 2.05) is 20.8 Å². The van der Waals surface area contributed by atoms with E-state index in [4.69, 9.17) is 9.47 Å². The number of likely N-dealkylation sites (tertiary alicyclic amines) is 1. The average molecular weight is 691 g/mol. The van der Waals surface area contributed by atoms with Crippen LogP contribution < -0.4 is 16.3 Å². The number of rotatable bonds is 6. The van der Waals surface area contributed by atoms with Crippen molar-refractivity contribution in [2.45, 2.75) is 64.1 Å². The van der Waals surface area contributed by atoms with Gasteiger partial charge in [0.25, 0.3) is 5.69 Å². The van der Waals surface area contributed by atoms with E-state index in [2.05, 4.69) is 20.4 Å². The van der Waals surface area contributed by atoms with Crippen LogP contribution in [0.3, 0.4) is 0 Å². The van der Waals surface area contributed by atoms with Crippen molar-refractivity contribution in [3.63, 3.8) is 0 Å². The zero-order valence-corrected chi connectivity index (χ0v) is 28.5. The number of amides is 1. The molecule has 0 radical (unpaired) electrons. The number of carbonyl (C=O) groups is 3. The lowest BCUT2D eigenvalue weighted by Gasteiger charge is -2.34. The third kappa shape index (κ3) is 9.47. The molecular weight excluding hydrogens is 648 g/mol. The molecule has 0 aliphatic carbocycles. The summed E-state index contributed by atoms with van der Waals surface area (Å²) in [6, 6.07) is 9.31. The maximum Gasteiger partial charge on any atom is 0.410 e. The minimum Gasteiger partial charge on any atom is -0.465 e. The van der Waals surface area contributed by atoms with E-state index in [9.17, 15) is 29.3 Å². The predicted octanol–water partition coefficient (Wildman–Crippen LogP) is 4.66. The minimum atomic E-state index is -0.562. The summed E-state index contributed by atoms with van der Waals surface area (Å²) in [6.45, 7) is 8.21. The number of aromatic nitrogens is 2. The molecule has 0 spiro atoms. The van der Waals surface area contributed by atoms with Crippen LogP contribution >= 0.6 is 12.4 Å². The third-order valence-corrected chi connectivity index (χ3v) is 7.93. The second-order valence-electron chi connectivity index (χ2n) is 12.4. The molecule has 0 bridgehead atoms. The highest BCUT2D eigenvalue weighted by Crippen LogP contribution is 2.29. The largest absolute Gasteiger partial charge is 0.465 e. The van der Waals surface area contributed by atoms with Gasteiger partial charge in [-0.2, -0.15) is 0 Å². The number of benzene rings is 2. The fourth-order valence-corrected chi connectivity index (χ4v) is 5.60. The van der Waals surface area contributed by atoms with Gasteiger partial charge >= 0.3 is 23.7 Å². The summed E-state index contributed by atoms with van der Waals surface area (Å²) in [7, 11) is 2.60. The highest BCUT2D eigenvalue weighted by atomic mass is 35.5. The number of fused-ring (bicyclic) bond motifs is 1. The zero-order valence-electron chi connectivity index (χ0n) is 27.7. The topological polar surface area (TPSA) is 187 Å². The SMILES string of the molecule is COC(=O)c1ccc([N+](=O)[O-])c(NC2CCN(C(=O)OC(C)(C)C)CC2)c1.COC(=O)c1ccc2[nH]c(=O)n(C3CCNCC3)c2c1.Cl. The molecule has 2 fully saturated rings. The number of ether oxygens (including phenoxy) is 3. The second kappa shape index (κ2) is 16.5. The number of imidazole rings is 1. The van der Waals surface area contributed by atoms with Gasteiger partial charge in [0, 0.05) is 31.2 Å². The maximum atomic E-state index is 12.2. The molecule has 48 heavy (non-hydrogen) atoms. The summed E-state index contributed by atoms with van der Waals surface area (Å²) in [5, 5.41) is 17.7. The van der Waals surface area contributed by atoms with E-state index >= 15 is 0 Å². The molecule has 3 N–H and O–H groups in total. The van der Waals surface area contributed by atoms with Gasteiger partial charge in [-0.3, -0.25) is 14.7 Å². The Hall–Kier alpha value is -4.63. The van der Waals surface area contributed by atoms with E-state index in [0.29, 0.717) is 31.5 Å². The standard InChI is InChI=1S/C18H25N3O6.C14H17N3O3.ClH/c1-18(2,3)27-17(23)20-9-7-13(8-10-20)19-14-11-12(16(22)26-4)5-6-15(14)21(24)25;1-20-13(18)9-2-3-11-12(8-9)17(14(19)16-11)10-4-6-15-7-5-10;/h5-6,11,13,19H,7-10H2,1-4H3;2-3,8,10,15H,4-7H2,1H3,(H,16,19);1H. The molecule has 262 valence electrons. The molecule has 2 aliphatic heterocycles. The number of nitrogens with one attached hydrogen (secondary N) is 3. The van der Waals surface area contributed by atoms with Gasteiger partial charge in [-0.25, -0.2) is 19.2 Å². The number of anilines is 1. The smallest absolute Gasteiger partial charge is 0.410 e. The van der Waals surface area contributed by atoms with Crippen molar-refractivity contribution in [2.24, 2.45) is 0 Å². The van der Waals surface area contributed by atoms with Crippen molar-refractivity contribution in [2.75, 3.05) is 45.7 Å². The number of H-pyrrole nitrogens is 1. The van der Waals surface area contributed by atoms with Gasteiger partial charge in [0.15, 0.2) is 0 Å². The number of carbonyl (C=O) groups excluding carboxylic acids is 3. The molecule has 1 amide bonds. The first-order chi connectivity index (χ1) is 22.3. The van der Waals surface area contributed by atoms with Gasteiger partial charge in [0.05, 0.1) is 41.3 Å². The average Bonchev–Trinajstić information content (AvgIpc) is 3.38. The van der Waals surface area contributed by atoms with Crippen LogP contribution in [0.1, 0.15) is 73.2 Å². The van der Waals surface area contributed by atoms with Crippen LogP contribution in [0.5, 0.6) is 0 Å². The van der Waals surface area contributed by atoms with Gasteiger partial charge < -0.3 is 34.7 Å². The van der Waals surface area contributed by atoms with E-state index < -0.39 is 22.5 Å². The van der Waals surface area contributed by atoms with Crippen LogP contribution in [0.25, 0.3) is 11.0 Å². The Morgan fingerprint density at radius 1 is 0.938 bits per heavy atom. The Kier molecular flexibility index (Phi) is 13.0. The number of nitro groups is 1. The molecule has 2 saturated heterocycles. The summed E-state index contributed by atoms with van der Waals surface area (Å²) in [4.78, 5) is 62.8. The molecule has 15 nitrogen and oxygen atoms in total. The van der Waals surface area contributed by atoms with Crippen molar-refractivity contribution in [3.05, 3.63) is 68.1 Å². The fourth-order valence-electron chi connectivity index (χ4n) is 5.60.